The fourth-order valence-electron chi connectivity index (χ4n) is 2.78. The molecule has 1 aromatic rings. The van der Waals surface area contributed by atoms with Gasteiger partial charge in [-0.2, -0.15) is 0 Å². The molecule has 106 valence electrons. The molecular formula is C15H21ClFNO. The van der Waals surface area contributed by atoms with E-state index in [0.717, 1.165) is 26.1 Å². The highest BCUT2D eigenvalue weighted by atomic mass is 35.5. The molecule has 19 heavy (non-hydrogen) atoms. The standard InChI is InChI=1S/C15H21ClFNO/c1-3-18-10-15(6-7-19-11(15)2)9-12-8-13(16)4-5-14(12)17/h4-5,8,11,18H,3,6-7,9-10H2,1-2H3. The first kappa shape index (κ1) is 14.8. The lowest BCUT2D eigenvalue weighted by Gasteiger charge is -2.33. The Labute approximate surface area is 119 Å². The largest absolute Gasteiger partial charge is 0.378 e. The lowest BCUT2D eigenvalue weighted by molar-refractivity contribution is 0.0629. The Kier molecular flexibility index (Phi) is 4.82. The van der Waals surface area contributed by atoms with Crippen LogP contribution in [0.1, 0.15) is 25.8 Å². The second-order valence-corrected chi connectivity index (χ2v) is 5.75. The van der Waals surface area contributed by atoms with Crippen molar-refractivity contribution >= 4 is 11.6 Å². The van der Waals surface area contributed by atoms with Gasteiger partial charge in [-0.15, -0.1) is 0 Å². The molecule has 0 aromatic heterocycles. The van der Waals surface area contributed by atoms with E-state index in [9.17, 15) is 4.39 Å². The summed E-state index contributed by atoms with van der Waals surface area (Å²) in [7, 11) is 0. The zero-order chi connectivity index (χ0) is 13.9. The molecule has 1 fully saturated rings. The van der Waals surface area contributed by atoms with Gasteiger partial charge in [-0.05, 0) is 50.1 Å². The molecule has 0 spiro atoms. The van der Waals surface area contributed by atoms with E-state index < -0.39 is 0 Å². The number of rotatable bonds is 5. The van der Waals surface area contributed by atoms with Crippen LogP contribution in [0.3, 0.4) is 0 Å². The summed E-state index contributed by atoms with van der Waals surface area (Å²) in [6.07, 6.45) is 1.74. The monoisotopic (exact) mass is 285 g/mol. The van der Waals surface area contributed by atoms with Gasteiger partial charge in [-0.25, -0.2) is 4.39 Å². The number of ether oxygens (including phenoxy) is 1. The predicted molar refractivity (Wildman–Crippen MR) is 76.1 cm³/mol. The number of hydrogen-bond donors (Lipinski definition) is 1. The fraction of sp³-hybridized carbons (Fsp3) is 0.600. The second kappa shape index (κ2) is 6.21. The van der Waals surface area contributed by atoms with Crippen molar-refractivity contribution < 1.29 is 9.13 Å². The molecular weight excluding hydrogens is 265 g/mol. The first-order valence-corrected chi connectivity index (χ1v) is 7.21. The van der Waals surface area contributed by atoms with Gasteiger partial charge in [0.25, 0.3) is 0 Å². The van der Waals surface area contributed by atoms with Gasteiger partial charge in [-0.1, -0.05) is 18.5 Å². The van der Waals surface area contributed by atoms with Crippen LogP contribution >= 0.6 is 11.6 Å². The van der Waals surface area contributed by atoms with Crippen LogP contribution in [0.5, 0.6) is 0 Å². The molecule has 1 N–H and O–H groups in total. The molecule has 1 aliphatic heterocycles. The van der Waals surface area contributed by atoms with Gasteiger partial charge in [0.15, 0.2) is 0 Å². The molecule has 4 heteroatoms. The zero-order valence-electron chi connectivity index (χ0n) is 11.5. The quantitative estimate of drug-likeness (QED) is 0.895. The van der Waals surface area contributed by atoms with E-state index in [2.05, 4.69) is 19.2 Å². The Morgan fingerprint density at radius 2 is 2.32 bits per heavy atom. The Morgan fingerprint density at radius 3 is 2.95 bits per heavy atom. The van der Waals surface area contributed by atoms with Crippen LogP contribution in [-0.2, 0) is 11.2 Å². The molecule has 0 saturated carbocycles. The van der Waals surface area contributed by atoms with Crippen molar-refractivity contribution in [1.29, 1.82) is 0 Å². The Balaban J connectivity index is 2.22. The van der Waals surface area contributed by atoms with E-state index in [1.807, 2.05) is 0 Å². The van der Waals surface area contributed by atoms with Crippen molar-refractivity contribution in [3.8, 4) is 0 Å². The van der Waals surface area contributed by atoms with Gasteiger partial charge in [0.1, 0.15) is 5.82 Å². The molecule has 1 aliphatic rings. The zero-order valence-corrected chi connectivity index (χ0v) is 12.3. The van der Waals surface area contributed by atoms with E-state index in [1.54, 1.807) is 12.1 Å². The molecule has 0 bridgehead atoms. The molecule has 2 rings (SSSR count). The summed E-state index contributed by atoms with van der Waals surface area (Å²) in [6, 6.07) is 4.76. The molecule has 1 saturated heterocycles. The van der Waals surface area contributed by atoms with Gasteiger partial charge in [0.2, 0.25) is 0 Å². The molecule has 0 radical (unpaired) electrons. The summed E-state index contributed by atoms with van der Waals surface area (Å²) < 4.78 is 19.6. The van der Waals surface area contributed by atoms with Crippen molar-refractivity contribution in [1.82, 2.24) is 5.32 Å². The van der Waals surface area contributed by atoms with Crippen molar-refractivity contribution in [2.75, 3.05) is 19.7 Å². The van der Waals surface area contributed by atoms with Gasteiger partial charge in [-0.3, -0.25) is 0 Å². The first-order chi connectivity index (χ1) is 9.07. The number of nitrogens with one attached hydrogen (secondary N) is 1. The van der Waals surface area contributed by atoms with Crippen molar-refractivity contribution in [2.45, 2.75) is 32.8 Å². The lowest BCUT2D eigenvalue weighted by Crippen LogP contribution is -2.41. The molecule has 0 aliphatic carbocycles. The minimum atomic E-state index is -0.181. The number of benzene rings is 1. The topological polar surface area (TPSA) is 21.3 Å². The fourth-order valence-corrected chi connectivity index (χ4v) is 2.97. The second-order valence-electron chi connectivity index (χ2n) is 5.32. The van der Waals surface area contributed by atoms with Crippen LogP contribution in [-0.4, -0.2) is 25.8 Å². The van der Waals surface area contributed by atoms with E-state index in [4.69, 9.17) is 16.3 Å². The maximum Gasteiger partial charge on any atom is 0.126 e. The number of hydrogen-bond acceptors (Lipinski definition) is 2. The van der Waals surface area contributed by atoms with Gasteiger partial charge < -0.3 is 10.1 Å². The van der Waals surface area contributed by atoms with Crippen LogP contribution < -0.4 is 5.32 Å². The van der Waals surface area contributed by atoms with E-state index >= 15 is 0 Å². The van der Waals surface area contributed by atoms with Crippen LogP contribution in [0.25, 0.3) is 0 Å². The SMILES string of the molecule is CCNCC1(Cc2cc(Cl)ccc2F)CCOC1C. The molecule has 1 aromatic carbocycles. The summed E-state index contributed by atoms with van der Waals surface area (Å²) in [4.78, 5) is 0. The maximum atomic E-state index is 13.9. The highest BCUT2D eigenvalue weighted by Crippen LogP contribution is 2.38. The van der Waals surface area contributed by atoms with E-state index in [1.165, 1.54) is 6.07 Å². The molecule has 1 heterocycles. The first-order valence-electron chi connectivity index (χ1n) is 6.83. The molecule has 2 unspecified atom stereocenters. The minimum Gasteiger partial charge on any atom is -0.378 e. The number of halogens is 2. The highest BCUT2D eigenvalue weighted by molar-refractivity contribution is 6.30. The summed E-state index contributed by atoms with van der Waals surface area (Å²) in [5.74, 6) is -0.181. The average Bonchev–Trinajstić information content (AvgIpc) is 2.73. The van der Waals surface area contributed by atoms with Crippen molar-refractivity contribution in [3.05, 3.63) is 34.6 Å². The van der Waals surface area contributed by atoms with Crippen LogP contribution in [0.15, 0.2) is 18.2 Å². The minimum absolute atomic E-state index is 0.0401. The highest BCUT2D eigenvalue weighted by Gasteiger charge is 2.41. The Morgan fingerprint density at radius 1 is 1.53 bits per heavy atom. The molecule has 2 atom stereocenters. The van der Waals surface area contributed by atoms with Crippen LogP contribution in [0, 0.1) is 11.2 Å². The van der Waals surface area contributed by atoms with Gasteiger partial charge in [0, 0.05) is 23.6 Å². The summed E-state index contributed by atoms with van der Waals surface area (Å²) in [5.41, 5.74) is 0.643. The van der Waals surface area contributed by atoms with Crippen LogP contribution in [0.4, 0.5) is 4.39 Å². The molecule has 0 amide bonds. The van der Waals surface area contributed by atoms with Crippen molar-refractivity contribution in [2.24, 2.45) is 5.41 Å². The smallest absolute Gasteiger partial charge is 0.126 e. The van der Waals surface area contributed by atoms with Gasteiger partial charge in [0.05, 0.1) is 6.10 Å². The van der Waals surface area contributed by atoms with E-state index in [0.29, 0.717) is 17.0 Å². The van der Waals surface area contributed by atoms with Gasteiger partial charge >= 0.3 is 0 Å². The summed E-state index contributed by atoms with van der Waals surface area (Å²) in [6.45, 7) is 6.65. The molecule has 2 nitrogen and oxygen atoms in total. The van der Waals surface area contributed by atoms with Crippen LogP contribution in [0.2, 0.25) is 5.02 Å². The predicted octanol–water partition coefficient (Wildman–Crippen LogP) is 3.43. The lowest BCUT2D eigenvalue weighted by atomic mass is 9.76. The normalized spacial score (nSPS) is 26.8. The third kappa shape index (κ3) is 3.28. The summed E-state index contributed by atoms with van der Waals surface area (Å²) >= 11 is 5.97. The third-order valence-corrected chi connectivity index (χ3v) is 4.34. The maximum absolute atomic E-state index is 13.9. The van der Waals surface area contributed by atoms with Crippen molar-refractivity contribution in [3.63, 3.8) is 0 Å². The Hall–Kier alpha value is -0.640. The van der Waals surface area contributed by atoms with E-state index in [-0.39, 0.29) is 17.3 Å². The average molecular weight is 286 g/mol. The third-order valence-electron chi connectivity index (χ3n) is 4.11. The Bertz CT molecular complexity index is 440. The summed E-state index contributed by atoms with van der Waals surface area (Å²) in [5, 5.41) is 3.97.